The van der Waals surface area contributed by atoms with Gasteiger partial charge in [-0.05, 0) is 74.7 Å². The molecule has 0 aromatic heterocycles. The molecule has 0 radical (unpaired) electrons. The van der Waals surface area contributed by atoms with Crippen LogP contribution < -0.4 is 9.47 Å². The van der Waals surface area contributed by atoms with Gasteiger partial charge in [0, 0.05) is 0 Å². The van der Waals surface area contributed by atoms with Gasteiger partial charge in [-0.15, -0.1) is 0 Å². The maximum Gasteiger partial charge on any atom is 0.133 e. The normalized spacial score (nSPS) is 10.2. The Morgan fingerprint density at radius 2 is 0.897 bits per heavy atom. The van der Waals surface area contributed by atoms with Crippen molar-refractivity contribution in [3.05, 3.63) is 137 Å². The summed E-state index contributed by atoms with van der Waals surface area (Å²) in [6.45, 7) is 4.00. The van der Waals surface area contributed by atoms with Crippen LogP contribution in [0, 0.1) is 28.6 Å². The first-order valence-electron chi connectivity index (χ1n) is 12.7. The second-order valence-electron chi connectivity index (χ2n) is 9.32. The molecule has 0 aliphatic heterocycles. The molecule has 39 heavy (non-hydrogen) atoms. The van der Waals surface area contributed by atoms with Crippen molar-refractivity contribution in [3.63, 3.8) is 0 Å². The van der Waals surface area contributed by atoms with E-state index in [0.717, 1.165) is 56.0 Å². The molecule has 0 atom stereocenters. The van der Waals surface area contributed by atoms with E-state index in [2.05, 4.69) is 60.7 Å². The van der Waals surface area contributed by atoms with E-state index in [4.69, 9.17) is 9.47 Å². The molecule has 0 bridgehead atoms. The van der Waals surface area contributed by atoms with Gasteiger partial charge in [0.05, 0.1) is 14.2 Å². The van der Waals surface area contributed by atoms with Gasteiger partial charge in [-0.25, -0.2) is 0 Å². The zero-order valence-electron chi connectivity index (χ0n) is 22.6. The van der Waals surface area contributed by atoms with Crippen LogP contribution >= 0.6 is 0 Å². The van der Waals surface area contributed by atoms with Crippen molar-refractivity contribution in [2.45, 2.75) is 13.8 Å². The Morgan fingerprint density at radius 3 is 1.26 bits per heavy atom. The second-order valence-corrected chi connectivity index (χ2v) is 9.32. The van der Waals surface area contributed by atoms with Crippen molar-refractivity contribution in [2.75, 3.05) is 14.2 Å². The lowest BCUT2D eigenvalue weighted by Gasteiger charge is -2.19. The summed E-state index contributed by atoms with van der Waals surface area (Å²) in [5, 5.41) is 19.1. The van der Waals surface area contributed by atoms with Gasteiger partial charge >= 0.3 is 0 Å². The maximum atomic E-state index is 9.54. The largest absolute Gasteiger partial charge is 0.497 e. The molecular weight excluding hydrogens is 480 g/mol. The van der Waals surface area contributed by atoms with Gasteiger partial charge < -0.3 is 9.47 Å². The summed E-state index contributed by atoms with van der Waals surface area (Å²) >= 11 is 0. The average molecular weight is 511 g/mol. The molecule has 4 aromatic carbocycles. The highest BCUT2D eigenvalue weighted by Crippen LogP contribution is 2.38. The monoisotopic (exact) mass is 510 g/mol. The van der Waals surface area contributed by atoms with Gasteiger partial charge in [0.25, 0.3) is 0 Å². The molecule has 0 aliphatic carbocycles. The van der Waals surface area contributed by atoms with Crippen molar-refractivity contribution in [1.82, 2.24) is 0 Å². The molecule has 0 N–H and O–H groups in total. The topological polar surface area (TPSA) is 66.0 Å². The minimum atomic E-state index is 0.0310. The van der Waals surface area contributed by atoms with Crippen LogP contribution in [-0.2, 0) is 0 Å². The van der Waals surface area contributed by atoms with E-state index in [-0.39, 0.29) is 11.5 Å². The van der Waals surface area contributed by atoms with Gasteiger partial charge in [-0.3, -0.25) is 0 Å². The van der Waals surface area contributed by atoms with Crippen LogP contribution in [0.2, 0.25) is 0 Å². The van der Waals surface area contributed by atoms with E-state index in [1.807, 2.05) is 68.4 Å². The summed E-state index contributed by atoms with van der Waals surface area (Å²) in [7, 11) is 3.33. The van der Waals surface area contributed by atoms with Gasteiger partial charge in [-0.1, -0.05) is 92.7 Å². The minimum Gasteiger partial charge on any atom is -0.497 e. The SMILES string of the molecule is COc1ccc(C(=C(c2ccccc2)c2ccc(C(=C(C#N)C#N)C(C)C)cc2)c2ccc(OC)cc2)cc1. The lowest BCUT2D eigenvalue weighted by molar-refractivity contribution is 0.414. The molecule has 0 amide bonds. The standard InChI is InChI=1S/C35H30N2O2/c1-24(2)33(30(22-36)23-37)26-10-12-27(13-11-26)34(25-8-6-5-7-9-25)35(28-14-18-31(38-3)19-15-28)29-16-20-32(39-4)21-17-29/h5-21,24H,1-4H3. The number of ether oxygens (including phenoxy) is 2. The smallest absolute Gasteiger partial charge is 0.133 e. The molecule has 0 aliphatic rings. The van der Waals surface area contributed by atoms with Crippen LogP contribution in [0.1, 0.15) is 41.7 Å². The van der Waals surface area contributed by atoms with E-state index in [0.29, 0.717) is 0 Å². The Hall–Kier alpha value is -5.06. The fourth-order valence-corrected chi connectivity index (χ4v) is 4.76. The van der Waals surface area contributed by atoms with Crippen LogP contribution in [0.25, 0.3) is 16.7 Å². The van der Waals surface area contributed by atoms with Gasteiger partial charge in [0.15, 0.2) is 0 Å². The summed E-state index contributed by atoms with van der Waals surface area (Å²) in [4.78, 5) is 0. The van der Waals surface area contributed by atoms with Gasteiger partial charge in [-0.2, -0.15) is 10.5 Å². The first kappa shape index (κ1) is 27.0. The maximum absolute atomic E-state index is 9.54. The Bertz CT molecular complexity index is 1500. The molecule has 0 spiro atoms. The molecule has 4 nitrogen and oxygen atoms in total. The third kappa shape index (κ3) is 5.93. The highest BCUT2D eigenvalue weighted by Gasteiger charge is 2.18. The molecule has 4 heteroatoms. The van der Waals surface area contributed by atoms with Gasteiger partial charge in [0.2, 0.25) is 0 Å². The van der Waals surface area contributed by atoms with Crippen molar-refractivity contribution >= 4 is 16.7 Å². The Kier molecular flexibility index (Phi) is 8.62. The molecule has 4 rings (SSSR count). The average Bonchev–Trinajstić information content (AvgIpc) is 2.99. The molecule has 0 saturated heterocycles. The molecule has 0 unspecified atom stereocenters. The van der Waals surface area contributed by atoms with Crippen molar-refractivity contribution in [2.24, 2.45) is 5.92 Å². The molecule has 0 fully saturated rings. The number of nitrogens with zero attached hydrogens (tertiary/aromatic N) is 2. The molecule has 0 saturated carbocycles. The van der Waals surface area contributed by atoms with Crippen LogP contribution in [0.4, 0.5) is 0 Å². The summed E-state index contributed by atoms with van der Waals surface area (Å²) in [5.41, 5.74) is 8.07. The Morgan fingerprint density at radius 1 is 0.538 bits per heavy atom. The summed E-state index contributed by atoms with van der Waals surface area (Å²) in [6.07, 6.45) is 0. The lowest BCUT2D eigenvalue weighted by atomic mass is 9.84. The first-order valence-corrected chi connectivity index (χ1v) is 12.7. The van der Waals surface area contributed by atoms with Crippen LogP contribution in [0.3, 0.4) is 0 Å². The lowest BCUT2D eigenvalue weighted by Crippen LogP contribution is -2.00. The van der Waals surface area contributed by atoms with Crippen molar-refractivity contribution in [1.29, 1.82) is 10.5 Å². The number of allylic oxidation sites excluding steroid dienone is 2. The first-order chi connectivity index (χ1) is 19.0. The number of nitriles is 2. The number of rotatable bonds is 8. The highest BCUT2D eigenvalue weighted by atomic mass is 16.5. The Balaban J connectivity index is 2.01. The minimum absolute atomic E-state index is 0.0310. The van der Waals surface area contributed by atoms with Crippen molar-refractivity contribution in [3.8, 4) is 23.6 Å². The summed E-state index contributed by atoms with van der Waals surface area (Å²) in [5.74, 6) is 1.61. The van der Waals surface area contributed by atoms with Gasteiger partial charge in [0.1, 0.15) is 29.2 Å². The zero-order valence-corrected chi connectivity index (χ0v) is 22.6. The molecule has 0 heterocycles. The molecular formula is C35H30N2O2. The Labute approximate surface area is 230 Å². The van der Waals surface area contributed by atoms with E-state index in [1.165, 1.54) is 0 Å². The highest BCUT2D eigenvalue weighted by molar-refractivity contribution is 6.04. The molecule has 4 aromatic rings. The van der Waals surface area contributed by atoms with Crippen LogP contribution in [0.5, 0.6) is 11.5 Å². The van der Waals surface area contributed by atoms with Crippen LogP contribution in [-0.4, -0.2) is 14.2 Å². The van der Waals surface area contributed by atoms with Crippen molar-refractivity contribution < 1.29 is 9.47 Å². The second kappa shape index (κ2) is 12.5. The fraction of sp³-hybridized carbons (Fsp3) is 0.143. The zero-order chi connectivity index (χ0) is 27.8. The predicted octanol–water partition coefficient (Wildman–Crippen LogP) is 8.17. The summed E-state index contributed by atoms with van der Waals surface area (Å²) < 4.78 is 10.8. The van der Waals surface area contributed by atoms with E-state index in [1.54, 1.807) is 14.2 Å². The quantitative estimate of drug-likeness (QED) is 0.177. The molecule has 192 valence electrons. The fourth-order valence-electron chi connectivity index (χ4n) is 4.76. The summed E-state index contributed by atoms with van der Waals surface area (Å²) in [6, 6.07) is 38.7. The number of methoxy groups -OCH3 is 2. The third-order valence-corrected chi connectivity index (χ3v) is 6.62. The van der Waals surface area contributed by atoms with E-state index >= 15 is 0 Å². The third-order valence-electron chi connectivity index (χ3n) is 6.62. The van der Waals surface area contributed by atoms with E-state index in [9.17, 15) is 10.5 Å². The number of hydrogen-bond donors (Lipinski definition) is 0. The number of hydrogen-bond acceptors (Lipinski definition) is 4. The van der Waals surface area contributed by atoms with Crippen LogP contribution in [0.15, 0.2) is 109 Å². The predicted molar refractivity (Wildman–Crippen MR) is 157 cm³/mol. The van der Waals surface area contributed by atoms with E-state index < -0.39 is 0 Å². The number of benzene rings is 4.